The van der Waals surface area contributed by atoms with Gasteiger partial charge in [0.2, 0.25) is 0 Å². The summed E-state index contributed by atoms with van der Waals surface area (Å²) in [4.78, 5) is 0. The third-order valence-electron chi connectivity index (χ3n) is 3.52. The lowest BCUT2D eigenvalue weighted by atomic mass is 9.96. The third kappa shape index (κ3) is 2.17. The Labute approximate surface area is 122 Å². The first-order valence-corrected chi connectivity index (χ1v) is 6.54. The minimum atomic E-state index is 0.0993. The van der Waals surface area contributed by atoms with E-state index in [0.29, 0.717) is 16.9 Å². The highest BCUT2D eigenvalue weighted by atomic mass is 16.5. The number of fused-ring (bicyclic) bond motifs is 1. The van der Waals surface area contributed by atoms with Crippen molar-refractivity contribution in [3.63, 3.8) is 0 Å². The summed E-state index contributed by atoms with van der Waals surface area (Å²) in [5.74, 6) is 0.473. The van der Waals surface area contributed by atoms with Gasteiger partial charge in [-0.25, -0.2) is 0 Å². The Bertz CT molecular complexity index is 857. The zero-order chi connectivity index (χ0) is 14.8. The van der Waals surface area contributed by atoms with Gasteiger partial charge in [-0.15, -0.1) is 0 Å². The molecule has 0 aliphatic heterocycles. The van der Waals surface area contributed by atoms with Gasteiger partial charge in [0.1, 0.15) is 17.6 Å². The molecular formula is C18H13NO2. The number of ether oxygens (including phenoxy) is 1. The lowest BCUT2D eigenvalue weighted by molar-refractivity contribution is 0.407. The molecule has 0 aromatic heterocycles. The number of methoxy groups -OCH3 is 1. The van der Waals surface area contributed by atoms with E-state index in [4.69, 9.17) is 4.74 Å². The first-order valence-electron chi connectivity index (χ1n) is 6.54. The minimum absolute atomic E-state index is 0.0993. The van der Waals surface area contributed by atoms with Gasteiger partial charge in [0.15, 0.2) is 0 Å². The summed E-state index contributed by atoms with van der Waals surface area (Å²) in [6.45, 7) is 0. The molecule has 3 nitrogen and oxygen atoms in total. The summed E-state index contributed by atoms with van der Waals surface area (Å²) in [5.41, 5.74) is 1.92. The van der Waals surface area contributed by atoms with Gasteiger partial charge in [0, 0.05) is 11.6 Å². The molecule has 0 aliphatic rings. The summed E-state index contributed by atoms with van der Waals surface area (Å²) in [7, 11) is 1.48. The van der Waals surface area contributed by atoms with E-state index in [1.54, 1.807) is 6.07 Å². The maximum atomic E-state index is 10.3. The van der Waals surface area contributed by atoms with Crippen LogP contribution in [0, 0.1) is 11.3 Å². The monoisotopic (exact) mass is 275 g/mol. The van der Waals surface area contributed by atoms with E-state index < -0.39 is 0 Å². The highest BCUT2D eigenvalue weighted by Crippen LogP contribution is 2.38. The average molecular weight is 275 g/mol. The molecule has 0 heterocycles. The van der Waals surface area contributed by atoms with Crippen LogP contribution in [-0.4, -0.2) is 12.2 Å². The Morgan fingerprint density at radius 3 is 2.52 bits per heavy atom. The quantitative estimate of drug-likeness (QED) is 0.766. The van der Waals surface area contributed by atoms with E-state index in [9.17, 15) is 10.4 Å². The Morgan fingerprint density at radius 2 is 1.76 bits per heavy atom. The predicted molar refractivity (Wildman–Crippen MR) is 82.3 cm³/mol. The normalized spacial score (nSPS) is 10.3. The van der Waals surface area contributed by atoms with Crippen molar-refractivity contribution < 1.29 is 9.84 Å². The molecule has 1 N–H and O–H groups in total. The second-order valence-corrected chi connectivity index (χ2v) is 4.71. The van der Waals surface area contributed by atoms with Gasteiger partial charge in [-0.2, -0.15) is 5.26 Å². The topological polar surface area (TPSA) is 53.2 Å². The summed E-state index contributed by atoms with van der Waals surface area (Å²) in [5, 5.41) is 21.6. The molecule has 3 aromatic carbocycles. The van der Waals surface area contributed by atoms with E-state index in [-0.39, 0.29) is 5.75 Å². The Hall–Kier alpha value is -2.99. The van der Waals surface area contributed by atoms with Gasteiger partial charge in [0.25, 0.3) is 0 Å². The maximum absolute atomic E-state index is 10.3. The van der Waals surface area contributed by atoms with Crippen molar-refractivity contribution in [2.75, 3.05) is 7.11 Å². The molecule has 0 bridgehead atoms. The van der Waals surface area contributed by atoms with Crippen molar-refractivity contribution in [3.05, 3.63) is 60.2 Å². The minimum Gasteiger partial charge on any atom is -0.507 e. The molecule has 0 fully saturated rings. The molecule has 0 amide bonds. The Kier molecular flexibility index (Phi) is 3.21. The zero-order valence-corrected chi connectivity index (χ0v) is 11.5. The molecule has 0 spiro atoms. The first kappa shape index (κ1) is 13.0. The predicted octanol–water partition coefficient (Wildman–Crippen LogP) is 4.09. The second-order valence-electron chi connectivity index (χ2n) is 4.71. The van der Waals surface area contributed by atoms with E-state index in [1.807, 2.05) is 42.5 Å². The molecule has 0 aliphatic carbocycles. The van der Waals surface area contributed by atoms with Gasteiger partial charge in [-0.05, 0) is 22.4 Å². The number of rotatable bonds is 2. The van der Waals surface area contributed by atoms with E-state index in [1.165, 1.54) is 13.2 Å². The van der Waals surface area contributed by atoms with Gasteiger partial charge in [-0.1, -0.05) is 42.5 Å². The number of benzene rings is 3. The van der Waals surface area contributed by atoms with Crippen LogP contribution in [0.3, 0.4) is 0 Å². The van der Waals surface area contributed by atoms with Crippen molar-refractivity contribution >= 4 is 10.8 Å². The molecule has 0 radical (unpaired) electrons. The summed E-state index contributed by atoms with van der Waals surface area (Å²) >= 11 is 0. The fraction of sp³-hybridized carbons (Fsp3) is 0.0556. The van der Waals surface area contributed by atoms with E-state index in [2.05, 4.69) is 6.07 Å². The average Bonchev–Trinajstić information content (AvgIpc) is 2.54. The van der Waals surface area contributed by atoms with E-state index >= 15 is 0 Å². The molecule has 102 valence electrons. The number of nitriles is 1. The fourth-order valence-corrected chi connectivity index (χ4v) is 2.50. The van der Waals surface area contributed by atoms with Crippen LogP contribution in [0.2, 0.25) is 0 Å². The summed E-state index contributed by atoms with van der Waals surface area (Å²) in [6, 6.07) is 19.1. The van der Waals surface area contributed by atoms with Crippen molar-refractivity contribution in [1.82, 2.24) is 0 Å². The SMILES string of the molecule is COc1cc(O)c(-c2cccc3ccccc23)cc1C#N. The second kappa shape index (κ2) is 5.18. The van der Waals surface area contributed by atoms with Gasteiger partial charge < -0.3 is 9.84 Å². The highest BCUT2D eigenvalue weighted by Gasteiger charge is 2.13. The molecule has 3 heteroatoms. The van der Waals surface area contributed by atoms with Crippen molar-refractivity contribution in [3.8, 4) is 28.7 Å². The molecule has 21 heavy (non-hydrogen) atoms. The van der Waals surface area contributed by atoms with Gasteiger partial charge in [0.05, 0.1) is 12.7 Å². The molecule has 0 atom stereocenters. The number of phenols is 1. The Morgan fingerprint density at radius 1 is 1.00 bits per heavy atom. The largest absolute Gasteiger partial charge is 0.507 e. The van der Waals surface area contributed by atoms with Crippen LogP contribution in [0.5, 0.6) is 11.5 Å². The number of nitrogens with zero attached hydrogens (tertiary/aromatic N) is 1. The summed E-state index contributed by atoms with van der Waals surface area (Å²) in [6.07, 6.45) is 0. The molecule has 0 saturated carbocycles. The zero-order valence-electron chi connectivity index (χ0n) is 11.5. The standard InChI is InChI=1S/C18H13NO2/c1-21-18-10-17(20)16(9-13(18)11-19)15-8-4-6-12-5-2-3-7-14(12)15/h2-10,20H,1H3. The lowest BCUT2D eigenvalue weighted by Gasteiger charge is -2.11. The third-order valence-corrected chi connectivity index (χ3v) is 3.52. The fourth-order valence-electron chi connectivity index (χ4n) is 2.50. The van der Waals surface area contributed by atoms with Crippen LogP contribution in [-0.2, 0) is 0 Å². The molecule has 3 aromatic rings. The van der Waals surface area contributed by atoms with Crippen LogP contribution in [0.25, 0.3) is 21.9 Å². The Balaban J connectivity index is 2.31. The van der Waals surface area contributed by atoms with Crippen LogP contribution >= 0.6 is 0 Å². The number of aromatic hydroxyl groups is 1. The van der Waals surface area contributed by atoms with Crippen molar-refractivity contribution in [1.29, 1.82) is 5.26 Å². The highest BCUT2D eigenvalue weighted by molar-refractivity contribution is 5.98. The van der Waals surface area contributed by atoms with E-state index in [0.717, 1.165) is 16.3 Å². The maximum Gasteiger partial charge on any atom is 0.140 e. The molecule has 3 rings (SSSR count). The molecular weight excluding hydrogens is 262 g/mol. The number of phenolic OH excluding ortho intramolecular Hbond substituents is 1. The molecule has 0 unspecified atom stereocenters. The number of hydrogen-bond acceptors (Lipinski definition) is 3. The van der Waals surface area contributed by atoms with Crippen LogP contribution in [0.15, 0.2) is 54.6 Å². The molecule has 0 saturated heterocycles. The first-order chi connectivity index (χ1) is 10.2. The smallest absolute Gasteiger partial charge is 0.140 e. The van der Waals surface area contributed by atoms with Gasteiger partial charge >= 0.3 is 0 Å². The van der Waals surface area contributed by atoms with Crippen molar-refractivity contribution in [2.45, 2.75) is 0 Å². The van der Waals surface area contributed by atoms with Crippen LogP contribution in [0.4, 0.5) is 0 Å². The lowest BCUT2D eigenvalue weighted by Crippen LogP contribution is -1.90. The van der Waals surface area contributed by atoms with Gasteiger partial charge in [-0.3, -0.25) is 0 Å². The van der Waals surface area contributed by atoms with Crippen molar-refractivity contribution in [2.24, 2.45) is 0 Å². The van der Waals surface area contributed by atoms with Crippen LogP contribution < -0.4 is 4.74 Å². The number of hydrogen-bond donors (Lipinski definition) is 1. The van der Waals surface area contributed by atoms with Crippen LogP contribution in [0.1, 0.15) is 5.56 Å². The summed E-state index contributed by atoms with van der Waals surface area (Å²) < 4.78 is 5.11.